The lowest BCUT2D eigenvalue weighted by molar-refractivity contribution is 0.205. The predicted octanol–water partition coefficient (Wildman–Crippen LogP) is 4.37. The van der Waals surface area contributed by atoms with Gasteiger partial charge in [-0.25, -0.2) is 0 Å². The largest absolute Gasteiger partial charge is 0.313 e. The van der Waals surface area contributed by atoms with E-state index in [-0.39, 0.29) is 0 Å². The van der Waals surface area contributed by atoms with Crippen LogP contribution in [0.3, 0.4) is 0 Å². The molecule has 0 aliphatic carbocycles. The van der Waals surface area contributed by atoms with Gasteiger partial charge in [0, 0.05) is 24.0 Å². The van der Waals surface area contributed by atoms with E-state index in [9.17, 15) is 0 Å². The van der Waals surface area contributed by atoms with Crippen molar-refractivity contribution in [3.8, 4) is 0 Å². The van der Waals surface area contributed by atoms with Gasteiger partial charge in [-0.05, 0) is 42.8 Å². The van der Waals surface area contributed by atoms with Gasteiger partial charge in [0.05, 0.1) is 0 Å². The maximum absolute atomic E-state index is 3.72. The van der Waals surface area contributed by atoms with Crippen LogP contribution in [0.4, 0.5) is 0 Å². The molecule has 1 aromatic heterocycles. The lowest BCUT2D eigenvalue weighted by atomic mass is 9.84. The highest BCUT2D eigenvalue weighted by molar-refractivity contribution is 7.09. The lowest BCUT2D eigenvalue weighted by Crippen LogP contribution is -2.43. The molecule has 1 atom stereocenters. The maximum Gasteiger partial charge on any atom is 0.0327 e. The van der Waals surface area contributed by atoms with E-state index in [1.165, 1.54) is 24.3 Å². The van der Waals surface area contributed by atoms with Gasteiger partial charge >= 0.3 is 0 Å². The molecule has 1 rings (SSSR count). The third kappa shape index (κ3) is 6.38. The minimum atomic E-state index is 0.331. The molecule has 1 aromatic rings. The summed E-state index contributed by atoms with van der Waals surface area (Å²) in [5.41, 5.74) is 0.331. The Kier molecular flexibility index (Phi) is 7.78. The molecule has 2 nitrogen and oxygen atoms in total. The number of rotatable bonds is 9. The summed E-state index contributed by atoms with van der Waals surface area (Å²) in [6.45, 7) is 16.1. The van der Waals surface area contributed by atoms with E-state index in [1.807, 2.05) is 11.3 Å². The molecule has 1 heterocycles. The van der Waals surface area contributed by atoms with Crippen molar-refractivity contribution in [1.29, 1.82) is 0 Å². The van der Waals surface area contributed by atoms with Crippen LogP contribution in [0.15, 0.2) is 17.5 Å². The molecule has 0 saturated heterocycles. The van der Waals surface area contributed by atoms with Gasteiger partial charge in [0.25, 0.3) is 0 Å². The van der Waals surface area contributed by atoms with Crippen molar-refractivity contribution in [2.45, 2.75) is 60.0 Å². The summed E-state index contributed by atoms with van der Waals surface area (Å²) < 4.78 is 0. The summed E-state index contributed by atoms with van der Waals surface area (Å²) in [6, 6.07) is 4.98. The summed E-state index contributed by atoms with van der Waals surface area (Å²) in [5.74, 6) is 0. The molecular weight excluding hydrogens is 264 g/mol. The average Bonchev–Trinajstić information content (AvgIpc) is 2.88. The third-order valence-electron chi connectivity index (χ3n) is 3.83. The second-order valence-corrected chi connectivity index (χ2v) is 7.64. The Morgan fingerprint density at radius 3 is 2.55 bits per heavy atom. The predicted molar refractivity (Wildman–Crippen MR) is 91.4 cm³/mol. The van der Waals surface area contributed by atoms with Gasteiger partial charge in [-0.1, -0.05) is 40.7 Å². The number of nitrogens with one attached hydrogen (secondary N) is 1. The van der Waals surface area contributed by atoms with Gasteiger partial charge in [0.1, 0.15) is 0 Å². The normalized spacial score (nSPS) is 13.9. The first-order valence-corrected chi connectivity index (χ1v) is 8.83. The molecule has 0 spiro atoms. The van der Waals surface area contributed by atoms with Crippen LogP contribution in [0.2, 0.25) is 0 Å². The molecule has 0 radical (unpaired) electrons. The molecule has 0 fully saturated rings. The van der Waals surface area contributed by atoms with Crippen LogP contribution < -0.4 is 5.32 Å². The fraction of sp³-hybridized carbons (Fsp3) is 0.765. The van der Waals surface area contributed by atoms with Crippen LogP contribution in [-0.2, 0) is 6.54 Å². The zero-order valence-corrected chi connectivity index (χ0v) is 14.7. The second-order valence-electron chi connectivity index (χ2n) is 6.61. The van der Waals surface area contributed by atoms with Crippen molar-refractivity contribution in [2.24, 2.45) is 5.41 Å². The molecule has 0 amide bonds. The smallest absolute Gasteiger partial charge is 0.0327 e. The van der Waals surface area contributed by atoms with Gasteiger partial charge in [-0.2, -0.15) is 0 Å². The van der Waals surface area contributed by atoms with E-state index in [4.69, 9.17) is 0 Å². The fourth-order valence-electron chi connectivity index (χ4n) is 2.44. The molecule has 1 unspecified atom stereocenters. The number of hydrogen-bond acceptors (Lipinski definition) is 3. The summed E-state index contributed by atoms with van der Waals surface area (Å²) in [7, 11) is 0. The first kappa shape index (κ1) is 17.7. The molecule has 3 heteroatoms. The van der Waals surface area contributed by atoms with Crippen molar-refractivity contribution >= 4 is 11.3 Å². The molecule has 0 aliphatic rings. The van der Waals surface area contributed by atoms with E-state index < -0.39 is 0 Å². The topological polar surface area (TPSA) is 15.3 Å². The molecule has 0 aromatic carbocycles. The van der Waals surface area contributed by atoms with Crippen molar-refractivity contribution < 1.29 is 0 Å². The zero-order chi connectivity index (χ0) is 15.0. The van der Waals surface area contributed by atoms with Gasteiger partial charge < -0.3 is 5.32 Å². The Bertz CT molecular complexity index is 340. The zero-order valence-electron chi connectivity index (χ0n) is 13.9. The first-order valence-electron chi connectivity index (χ1n) is 7.95. The highest BCUT2D eigenvalue weighted by atomic mass is 32.1. The number of hydrogen-bond donors (Lipinski definition) is 1. The standard InChI is InChI=1S/C17H32N2S/c1-6-11-18-16(17(3,4)5)10-12-19(7-2)14-15-9-8-13-20-15/h8-9,13,16,18H,6-7,10-12,14H2,1-5H3. The Balaban J connectivity index is 2.46. The van der Waals surface area contributed by atoms with Crippen molar-refractivity contribution in [2.75, 3.05) is 19.6 Å². The number of nitrogens with zero attached hydrogens (tertiary/aromatic N) is 1. The molecule has 0 saturated carbocycles. The van der Waals surface area contributed by atoms with Crippen LogP contribution in [0.1, 0.15) is 52.3 Å². The maximum atomic E-state index is 3.72. The summed E-state index contributed by atoms with van der Waals surface area (Å²) in [5, 5.41) is 5.89. The monoisotopic (exact) mass is 296 g/mol. The Morgan fingerprint density at radius 1 is 1.30 bits per heavy atom. The molecule has 116 valence electrons. The first-order chi connectivity index (χ1) is 9.47. The Hall–Kier alpha value is -0.380. The molecule has 20 heavy (non-hydrogen) atoms. The highest BCUT2D eigenvalue weighted by Gasteiger charge is 2.24. The average molecular weight is 297 g/mol. The van der Waals surface area contributed by atoms with E-state index in [2.05, 4.69) is 62.3 Å². The molecule has 0 aliphatic heterocycles. The van der Waals surface area contributed by atoms with Crippen molar-refractivity contribution in [3.05, 3.63) is 22.4 Å². The Labute approximate surface area is 129 Å². The van der Waals surface area contributed by atoms with E-state index in [1.54, 1.807) is 0 Å². The van der Waals surface area contributed by atoms with Crippen molar-refractivity contribution in [3.63, 3.8) is 0 Å². The number of thiophene rings is 1. The van der Waals surface area contributed by atoms with Crippen LogP contribution in [0.5, 0.6) is 0 Å². The van der Waals surface area contributed by atoms with E-state index >= 15 is 0 Å². The highest BCUT2D eigenvalue weighted by Crippen LogP contribution is 2.22. The lowest BCUT2D eigenvalue weighted by Gasteiger charge is -2.33. The SMILES string of the molecule is CCCNC(CCN(CC)Cc1cccs1)C(C)(C)C. The minimum absolute atomic E-state index is 0.331. The van der Waals surface area contributed by atoms with E-state index in [0.717, 1.165) is 19.6 Å². The fourth-order valence-corrected chi connectivity index (χ4v) is 3.19. The summed E-state index contributed by atoms with van der Waals surface area (Å²) >= 11 is 1.86. The summed E-state index contributed by atoms with van der Waals surface area (Å²) in [4.78, 5) is 4.03. The van der Waals surface area contributed by atoms with Crippen LogP contribution in [0.25, 0.3) is 0 Å². The molecule has 0 bridgehead atoms. The van der Waals surface area contributed by atoms with Gasteiger partial charge in [-0.15, -0.1) is 11.3 Å². The van der Waals surface area contributed by atoms with Crippen LogP contribution >= 0.6 is 11.3 Å². The molecule has 1 N–H and O–H groups in total. The van der Waals surface area contributed by atoms with Crippen LogP contribution in [0, 0.1) is 5.41 Å². The third-order valence-corrected chi connectivity index (χ3v) is 4.69. The van der Waals surface area contributed by atoms with Gasteiger partial charge in [0.2, 0.25) is 0 Å². The summed E-state index contributed by atoms with van der Waals surface area (Å²) in [6.07, 6.45) is 2.43. The van der Waals surface area contributed by atoms with Crippen LogP contribution in [-0.4, -0.2) is 30.6 Å². The molecular formula is C17H32N2S. The van der Waals surface area contributed by atoms with E-state index in [0.29, 0.717) is 11.5 Å². The quantitative estimate of drug-likeness (QED) is 0.728. The van der Waals surface area contributed by atoms with Crippen molar-refractivity contribution in [1.82, 2.24) is 10.2 Å². The minimum Gasteiger partial charge on any atom is -0.313 e. The van der Waals surface area contributed by atoms with Gasteiger partial charge in [-0.3, -0.25) is 4.90 Å². The Morgan fingerprint density at radius 2 is 2.05 bits per heavy atom. The van der Waals surface area contributed by atoms with Gasteiger partial charge in [0.15, 0.2) is 0 Å². The second kappa shape index (κ2) is 8.81.